The number of hydrogen-bond acceptors (Lipinski definition) is 4. The highest BCUT2D eigenvalue weighted by Gasteiger charge is 2.60. The van der Waals surface area contributed by atoms with E-state index in [9.17, 15) is 5.11 Å². The summed E-state index contributed by atoms with van der Waals surface area (Å²) in [5.41, 5.74) is 2.81. The number of fused-ring (bicyclic) bond motifs is 7. The molecule has 0 saturated heterocycles. The van der Waals surface area contributed by atoms with Crippen LogP contribution < -0.4 is 0 Å². The van der Waals surface area contributed by atoms with Crippen LogP contribution in [0.15, 0.2) is 4.63 Å². The van der Waals surface area contributed by atoms with Gasteiger partial charge in [-0.05, 0) is 80.0 Å². The summed E-state index contributed by atoms with van der Waals surface area (Å²) in [5, 5.41) is 19.0. The number of aliphatic hydroxyl groups is 1. The molecular weight excluding hydrogens is 288 g/mol. The summed E-state index contributed by atoms with van der Waals surface area (Å²) in [6.07, 6.45) is 9.43. The Morgan fingerprint density at radius 3 is 2.65 bits per heavy atom. The van der Waals surface area contributed by atoms with Crippen LogP contribution in [0.4, 0.5) is 0 Å². The zero-order valence-electron chi connectivity index (χ0n) is 14.3. The van der Waals surface area contributed by atoms with Crippen LogP contribution in [0.2, 0.25) is 0 Å². The highest BCUT2D eigenvalue weighted by molar-refractivity contribution is 5.25. The van der Waals surface area contributed by atoms with Crippen LogP contribution in [0.25, 0.3) is 0 Å². The van der Waals surface area contributed by atoms with Crippen molar-refractivity contribution in [3.05, 3.63) is 11.4 Å². The molecule has 5 rings (SSSR count). The van der Waals surface area contributed by atoms with Crippen LogP contribution in [0.5, 0.6) is 0 Å². The van der Waals surface area contributed by atoms with Crippen molar-refractivity contribution in [3.8, 4) is 0 Å². The molecule has 0 amide bonds. The van der Waals surface area contributed by atoms with E-state index in [4.69, 9.17) is 4.63 Å². The van der Waals surface area contributed by atoms with Crippen LogP contribution in [-0.2, 0) is 6.42 Å². The van der Waals surface area contributed by atoms with Crippen molar-refractivity contribution in [1.29, 1.82) is 0 Å². The minimum absolute atomic E-state index is 0.0725. The molecule has 4 aliphatic carbocycles. The fourth-order valence-electron chi connectivity index (χ4n) is 7.28. The number of nitrogens with zero attached hydrogens (tertiary/aromatic N) is 2. The molecule has 4 heteroatoms. The molecule has 0 radical (unpaired) electrons. The molecule has 1 heterocycles. The first-order valence-corrected chi connectivity index (χ1v) is 9.53. The Hall–Kier alpha value is -0.900. The fourth-order valence-corrected chi connectivity index (χ4v) is 7.28. The van der Waals surface area contributed by atoms with E-state index >= 15 is 0 Å². The number of rotatable bonds is 0. The summed E-state index contributed by atoms with van der Waals surface area (Å²) in [5.74, 6) is 2.85. The van der Waals surface area contributed by atoms with Crippen molar-refractivity contribution in [2.24, 2.45) is 28.6 Å². The van der Waals surface area contributed by atoms with Gasteiger partial charge in [-0.1, -0.05) is 24.2 Å². The van der Waals surface area contributed by atoms with Crippen LogP contribution in [0, 0.1) is 28.6 Å². The van der Waals surface area contributed by atoms with Gasteiger partial charge in [-0.3, -0.25) is 0 Å². The molecule has 0 aromatic carbocycles. The van der Waals surface area contributed by atoms with Gasteiger partial charge < -0.3 is 5.11 Å². The topological polar surface area (TPSA) is 59.2 Å². The van der Waals surface area contributed by atoms with Crippen LogP contribution in [-0.4, -0.2) is 21.5 Å². The molecule has 3 fully saturated rings. The third kappa shape index (κ3) is 1.71. The van der Waals surface area contributed by atoms with E-state index in [0.717, 1.165) is 42.0 Å². The molecule has 3 unspecified atom stereocenters. The Kier molecular flexibility index (Phi) is 2.88. The van der Waals surface area contributed by atoms with Crippen LogP contribution in [0.3, 0.4) is 0 Å². The minimum atomic E-state index is -0.0725. The average Bonchev–Trinajstić information content (AvgIpc) is 3.12. The first kappa shape index (κ1) is 14.4. The lowest BCUT2D eigenvalue weighted by Crippen LogP contribution is -2.53. The van der Waals surface area contributed by atoms with Crippen molar-refractivity contribution >= 4 is 0 Å². The second-order valence-electron chi connectivity index (χ2n) is 9.25. The monoisotopic (exact) mass is 316 g/mol. The zero-order chi connectivity index (χ0) is 15.8. The third-order valence-corrected chi connectivity index (χ3v) is 8.64. The molecule has 3 saturated carbocycles. The predicted octanol–water partition coefficient (Wildman–Crippen LogP) is 3.70. The summed E-state index contributed by atoms with van der Waals surface area (Å²) in [4.78, 5) is 0. The first-order valence-electron chi connectivity index (χ1n) is 9.53. The van der Waals surface area contributed by atoms with E-state index in [-0.39, 0.29) is 11.5 Å². The Morgan fingerprint density at radius 2 is 1.78 bits per heavy atom. The number of aromatic nitrogens is 2. The van der Waals surface area contributed by atoms with E-state index < -0.39 is 0 Å². The Labute approximate surface area is 138 Å². The Balaban J connectivity index is 1.51. The molecule has 4 aliphatic rings. The van der Waals surface area contributed by atoms with Gasteiger partial charge >= 0.3 is 0 Å². The average molecular weight is 316 g/mol. The summed E-state index contributed by atoms with van der Waals surface area (Å²) in [6.45, 7) is 4.88. The van der Waals surface area contributed by atoms with Gasteiger partial charge in [-0.15, -0.1) is 0 Å². The summed E-state index contributed by atoms with van der Waals surface area (Å²) in [7, 11) is 0. The van der Waals surface area contributed by atoms with E-state index in [0.29, 0.717) is 11.3 Å². The molecule has 0 bridgehead atoms. The SMILES string of the molecule is C[C@@]12CCc3nonc3C1CC[C@H]1C2CC[C@]2(C)C1CC[C@H]2O. The maximum atomic E-state index is 10.5. The predicted molar refractivity (Wildman–Crippen MR) is 85.8 cm³/mol. The molecule has 4 nitrogen and oxygen atoms in total. The van der Waals surface area contributed by atoms with Crippen molar-refractivity contribution in [1.82, 2.24) is 10.3 Å². The molecule has 0 aliphatic heterocycles. The first-order chi connectivity index (χ1) is 11.0. The van der Waals surface area contributed by atoms with E-state index in [2.05, 4.69) is 24.2 Å². The molecule has 7 atom stereocenters. The van der Waals surface area contributed by atoms with Gasteiger partial charge in [0.2, 0.25) is 0 Å². The quantitative estimate of drug-likeness (QED) is 0.793. The minimum Gasteiger partial charge on any atom is -0.393 e. The zero-order valence-corrected chi connectivity index (χ0v) is 14.3. The van der Waals surface area contributed by atoms with Crippen molar-refractivity contribution < 1.29 is 9.74 Å². The van der Waals surface area contributed by atoms with Crippen LogP contribution in [0.1, 0.15) is 76.1 Å². The normalized spacial score (nSPS) is 51.5. The van der Waals surface area contributed by atoms with Gasteiger partial charge in [-0.2, -0.15) is 0 Å². The summed E-state index contributed by atoms with van der Waals surface area (Å²) < 4.78 is 5.06. The second-order valence-corrected chi connectivity index (χ2v) is 9.25. The molecular formula is C19H28N2O2. The highest BCUT2D eigenvalue weighted by atomic mass is 16.6. The van der Waals surface area contributed by atoms with Crippen molar-refractivity contribution in [3.63, 3.8) is 0 Å². The molecule has 1 N–H and O–H groups in total. The third-order valence-electron chi connectivity index (χ3n) is 8.64. The standard InChI is InChI=1S/C19H28N2O2/c1-18-10-8-15-17(21-23-20-15)14(18)4-3-11-12-5-6-16(22)19(12,2)9-7-13(11)18/h11-14,16,22H,3-10H2,1-2H3/t11-,12?,13?,14?,16-,18+,19-/m1/s1. The molecule has 126 valence electrons. The van der Waals surface area contributed by atoms with Gasteiger partial charge in [0.25, 0.3) is 0 Å². The largest absolute Gasteiger partial charge is 0.393 e. The van der Waals surface area contributed by atoms with Crippen LogP contribution >= 0.6 is 0 Å². The molecule has 1 aromatic rings. The Bertz CT molecular complexity index is 629. The Morgan fingerprint density at radius 1 is 0.957 bits per heavy atom. The lowest BCUT2D eigenvalue weighted by Gasteiger charge is -2.59. The van der Waals surface area contributed by atoms with E-state index in [1.165, 1.54) is 38.5 Å². The van der Waals surface area contributed by atoms with Gasteiger partial charge in [0, 0.05) is 5.92 Å². The van der Waals surface area contributed by atoms with Gasteiger partial charge in [0.1, 0.15) is 11.4 Å². The number of aryl methyl sites for hydroxylation is 1. The molecule has 23 heavy (non-hydrogen) atoms. The smallest absolute Gasteiger partial charge is 0.111 e. The van der Waals surface area contributed by atoms with E-state index in [1.807, 2.05) is 0 Å². The maximum absolute atomic E-state index is 10.5. The number of aliphatic hydroxyl groups excluding tert-OH is 1. The van der Waals surface area contributed by atoms with Gasteiger partial charge in [-0.25, -0.2) is 4.63 Å². The van der Waals surface area contributed by atoms with Crippen molar-refractivity contribution in [2.45, 2.75) is 77.2 Å². The van der Waals surface area contributed by atoms with Gasteiger partial charge in [0.05, 0.1) is 6.10 Å². The fraction of sp³-hybridized carbons (Fsp3) is 0.895. The lowest BCUT2D eigenvalue weighted by atomic mass is 9.45. The van der Waals surface area contributed by atoms with E-state index in [1.54, 1.807) is 0 Å². The lowest BCUT2D eigenvalue weighted by molar-refractivity contribution is -0.0996. The maximum Gasteiger partial charge on any atom is 0.111 e. The van der Waals surface area contributed by atoms with Crippen molar-refractivity contribution in [2.75, 3.05) is 0 Å². The summed E-state index contributed by atoms with van der Waals surface area (Å²) >= 11 is 0. The number of hydrogen-bond donors (Lipinski definition) is 1. The molecule has 0 spiro atoms. The highest BCUT2D eigenvalue weighted by Crippen LogP contribution is 2.67. The summed E-state index contributed by atoms with van der Waals surface area (Å²) in [6, 6.07) is 0. The second kappa shape index (κ2) is 4.59. The molecule has 1 aromatic heterocycles. The van der Waals surface area contributed by atoms with Gasteiger partial charge in [0.15, 0.2) is 0 Å².